The maximum atomic E-state index is 8.80. The van der Waals surface area contributed by atoms with Gasteiger partial charge >= 0.3 is 0 Å². The summed E-state index contributed by atoms with van der Waals surface area (Å²) in [5.41, 5.74) is 8.84. The summed E-state index contributed by atoms with van der Waals surface area (Å²) in [6, 6.07) is 3.97. The van der Waals surface area contributed by atoms with Crippen molar-refractivity contribution >= 4 is 27.3 Å². The third kappa shape index (κ3) is 3.12. The van der Waals surface area contributed by atoms with Crippen molar-refractivity contribution in [3.8, 4) is 0 Å². The van der Waals surface area contributed by atoms with Crippen LogP contribution in [0.5, 0.6) is 0 Å². The summed E-state index contributed by atoms with van der Waals surface area (Å²) in [6.07, 6.45) is 0. The number of halogens is 1. The fourth-order valence-corrected chi connectivity index (χ4v) is 2.03. The second-order valence-electron chi connectivity index (χ2n) is 4.81. The Morgan fingerprint density at radius 2 is 2.00 bits per heavy atom. The number of aliphatic hydroxyl groups excluding tert-OH is 1. The molecule has 4 N–H and O–H groups in total. The van der Waals surface area contributed by atoms with Crippen molar-refractivity contribution < 1.29 is 5.11 Å². The summed E-state index contributed by atoms with van der Waals surface area (Å²) in [5.74, 6) is 0. The fourth-order valence-electron chi connectivity index (χ4n) is 1.58. The largest absolute Gasteiger partial charge is 0.397 e. The van der Waals surface area contributed by atoms with Gasteiger partial charge < -0.3 is 16.2 Å². The highest BCUT2D eigenvalue weighted by molar-refractivity contribution is 9.10. The van der Waals surface area contributed by atoms with Crippen molar-refractivity contribution in [1.82, 2.24) is 0 Å². The average Bonchev–Trinajstić information content (AvgIpc) is 2.17. The summed E-state index contributed by atoms with van der Waals surface area (Å²) in [7, 11) is 0. The number of nitrogens with one attached hydrogen (secondary N) is 1. The lowest BCUT2D eigenvalue weighted by molar-refractivity contribution is 0.311. The molecule has 0 radical (unpaired) electrons. The molecule has 1 rings (SSSR count). The van der Waals surface area contributed by atoms with Gasteiger partial charge in [-0.1, -0.05) is 36.7 Å². The predicted molar refractivity (Wildman–Crippen MR) is 72.8 cm³/mol. The van der Waals surface area contributed by atoms with E-state index in [1.54, 1.807) is 0 Å². The maximum Gasteiger partial charge on any atom is 0.0604 e. The molecule has 1 aromatic carbocycles. The van der Waals surface area contributed by atoms with Gasteiger partial charge in [-0.15, -0.1) is 0 Å². The highest BCUT2D eigenvalue weighted by Crippen LogP contribution is 2.35. The first-order valence-electron chi connectivity index (χ1n) is 5.30. The number of hydrogen-bond acceptors (Lipinski definition) is 3. The van der Waals surface area contributed by atoms with E-state index in [-0.39, 0.29) is 12.0 Å². The molecule has 0 amide bonds. The van der Waals surface area contributed by atoms with Crippen LogP contribution in [0.1, 0.15) is 26.3 Å². The van der Waals surface area contributed by atoms with Gasteiger partial charge in [0.15, 0.2) is 0 Å². The zero-order valence-corrected chi connectivity index (χ0v) is 11.6. The monoisotopic (exact) mass is 286 g/mol. The van der Waals surface area contributed by atoms with Crippen LogP contribution in [0, 0.1) is 0 Å². The maximum absolute atomic E-state index is 8.80. The van der Waals surface area contributed by atoms with Gasteiger partial charge in [-0.3, -0.25) is 0 Å². The number of rotatable bonds is 3. The quantitative estimate of drug-likeness (QED) is 0.749. The Hall–Kier alpha value is -0.740. The third-order valence-electron chi connectivity index (χ3n) is 2.38. The summed E-state index contributed by atoms with van der Waals surface area (Å²) in [4.78, 5) is 0. The Labute approximate surface area is 105 Å². The minimum Gasteiger partial charge on any atom is -0.397 e. The van der Waals surface area contributed by atoms with Crippen LogP contribution in [-0.4, -0.2) is 18.3 Å². The summed E-state index contributed by atoms with van der Waals surface area (Å²) in [5, 5.41) is 11.9. The first kappa shape index (κ1) is 13.3. The number of benzene rings is 1. The number of hydrogen-bond donors (Lipinski definition) is 3. The number of aliphatic hydroxyl groups is 1. The molecule has 0 saturated heterocycles. The Morgan fingerprint density at radius 1 is 1.38 bits per heavy atom. The Balaban J connectivity index is 3.16. The van der Waals surface area contributed by atoms with E-state index < -0.39 is 0 Å². The van der Waals surface area contributed by atoms with E-state index >= 15 is 0 Å². The molecular formula is C12H19BrN2O. The van der Waals surface area contributed by atoms with Gasteiger partial charge in [-0.25, -0.2) is 0 Å². The smallest absolute Gasteiger partial charge is 0.0604 e. The van der Waals surface area contributed by atoms with Crippen molar-refractivity contribution in [3.05, 3.63) is 22.2 Å². The zero-order chi connectivity index (χ0) is 12.3. The Kier molecular flexibility index (Phi) is 4.21. The van der Waals surface area contributed by atoms with E-state index in [1.165, 1.54) is 0 Å². The summed E-state index contributed by atoms with van der Waals surface area (Å²) in [6.45, 7) is 6.98. The minimum atomic E-state index is 0.00348. The molecule has 0 unspecified atom stereocenters. The lowest BCUT2D eigenvalue weighted by atomic mass is 9.85. The first-order chi connectivity index (χ1) is 7.36. The number of nitrogen functional groups attached to an aromatic ring is 1. The van der Waals surface area contributed by atoms with E-state index in [0.29, 0.717) is 6.54 Å². The van der Waals surface area contributed by atoms with E-state index in [9.17, 15) is 0 Å². The van der Waals surface area contributed by atoms with E-state index in [1.807, 2.05) is 12.1 Å². The fraction of sp³-hybridized carbons (Fsp3) is 0.500. The molecule has 4 heteroatoms. The summed E-state index contributed by atoms with van der Waals surface area (Å²) >= 11 is 3.47. The molecular weight excluding hydrogens is 268 g/mol. The van der Waals surface area contributed by atoms with Crippen LogP contribution in [0.15, 0.2) is 16.6 Å². The van der Waals surface area contributed by atoms with Crippen LogP contribution in [-0.2, 0) is 5.41 Å². The van der Waals surface area contributed by atoms with Crippen LogP contribution in [0.4, 0.5) is 11.4 Å². The second kappa shape index (κ2) is 5.06. The van der Waals surface area contributed by atoms with E-state index in [2.05, 4.69) is 42.0 Å². The molecule has 90 valence electrons. The molecule has 0 aromatic heterocycles. The number of anilines is 2. The van der Waals surface area contributed by atoms with Gasteiger partial charge in [0.25, 0.3) is 0 Å². The van der Waals surface area contributed by atoms with Crippen LogP contribution in [0.2, 0.25) is 0 Å². The Morgan fingerprint density at radius 3 is 2.50 bits per heavy atom. The van der Waals surface area contributed by atoms with Crippen molar-refractivity contribution in [3.63, 3.8) is 0 Å². The minimum absolute atomic E-state index is 0.00348. The molecule has 0 fully saturated rings. The SMILES string of the molecule is CC(C)(C)c1cc(Br)cc(NCCO)c1N. The highest BCUT2D eigenvalue weighted by Gasteiger charge is 2.19. The Bertz CT molecular complexity index is 372. The van der Waals surface area contributed by atoms with Crippen LogP contribution < -0.4 is 11.1 Å². The van der Waals surface area contributed by atoms with Crippen LogP contribution in [0.25, 0.3) is 0 Å². The van der Waals surface area contributed by atoms with Crippen molar-refractivity contribution in [2.75, 3.05) is 24.2 Å². The predicted octanol–water partition coefficient (Wildman–Crippen LogP) is 2.73. The van der Waals surface area contributed by atoms with Gasteiger partial charge in [-0.2, -0.15) is 0 Å². The number of nitrogens with two attached hydrogens (primary N) is 1. The van der Waals surface area contributed by atoms with E-state index in [0.717, 1.165) is 21.4 Å². The van der Waals surface area contributed by atoms with Crippen molar-refractivity contribution in [1.29, 1.82) is 0 Å². The molecule has 16 heavy (non-hydrogen) atoms. The molecule has 0 bridgehead atoms. The topological polar surface area (TPSA) is 58.3 Å². The molecule has 0 heterocycles. The first-order valence-corrected chi connectivity index (χ1v) is 6.10. The van der Waals surface area contributed by atoms with Gasteiger partial charge in [-0.05, 0) is 23.1 Å². The molecule has 3 nitrogen and oxygen atoms in total. The van der Waals surface area contributed by atoms with Gasteiger partial charge in [0.05, 0.1) is 18.0 Å². The lowest BCUT2D eigenvalue weighted by Gasteiger charge is -2.23. The zero-order valence-electron chi connectivity index (χ0n) is 9.97. The van der Waals surface area contributed by atoms with Gasteiger partial charge in [0.1, 0.15) is 0 Å². The molecule has 1 aromatic rings. The third-order valence-corrected chi connectivity index (χ3v) is 2.84. The summed E-state index contributed by atoms with van der Waals surface area (Å²) < 4.78 is 0.993. The lowest BCUT2D eigenvalue weighted by Crippen LogP contribution is -2.16. The standard InChI is InChI=1S/C12H19BrN2O/c1-12(2,3)9-6-8(13)7-10(11(9)14)15-4-5-16/h6-7,15-16H,4-5,14H2,1-3H3. The van der Waals surface area contributed by atoms with Crippen molar-refractivity contribution in [2.24, 2.45) is 0 Å². The van der Waals surface area contributed by atoms with Gasteiger partial charge in [0.2, 0.25) is 0 Å². The molecule has 0 aliphatic rings. The van der Waals surface area contributed by atoms with Crippen LogP contribution >= 0.6 is 15.9 Å². The average molecular weight is 287 g/mol. The van der Waals surface area contributed by atoms with Crippen molar-refractivity contribution in [2.45, 2.75) is 26.2 Å². The van der Waals surface area contributed by atoms with E-state index in [4.69, 9.17) is 10.8 Å². The molecule has 0 atom stereocenters. The molecule has 0 aliphatic carbocycles. The second-order valence-corrected chi connectivity index (χ2v) is 5.73. The van der Waals surface area contributed by atoms with Gasteiger partial charge in [0, 0.05) is 11.0 Å². The van der Waals surface area contributed by atoms with Crippen LogP contribution in [0.3, 0.4) is 0 Å². The highest BCUT2D eigenvalue weighted by atomic mass is 79.9. The normalized spacial score (nSPS) is 11.6. The molecule has 0 saturated carbocycles. The molecule has 0 spiro atoms. The molecule has 0 aliphatic heterocycles.